The fourth-order valence-electron chi connectivity index (χ4n) is 9.35. The van der Waals surface area contributed by atoms with Crippen molar-refractivity contribution in [1.82, 2.24) is 18.8 Å². The largest absolute Gasteiger partial charge is 0.507 e. The molecule has 6 heteroatoms. The van der Waals surface area contributed by atoms with E-state index in [2.05, 4.69) is 169 Å². The van der Waals surface area contributed by atoms with Crippen LogP contribution < -0.4 is 0 Å². The number of para-hydroxylation sites is 4. The molecule has 0 saturated heterocycles. The van der Waals surface area contributed by atoms with Gasteiger partial charge in [-0.2, -0.15) is 0 Å². The van der Waals surface area contributed by atoms with Gasteiger partial charge < -0.3 is 9.51 Å². The van der Waals surface area contributed by atoms with E-state index in [4.69, 9.17) is 9.97 Å². The minimum Gasteiger partial charge on any atom is -0.507 e. The van der Waals surface area contributed by atoms with Gasteiger partial charge in [-0.15, -0.1) is 29.3 Å². The van der Waals surface area contributed by atoms with Crippen LogP contribution in [0.3, 0.4) is 0 Å². The Balaban J connectivity index is 0.00000385. The van der Waals surface area contributed by atoms with E-state index in [1.165, 1.54) is 27.2 Å². The van der Waals surface area contributed by atoms with E-state index in [9.17, 15) is 5.11 Å². The summed E-state index contributed by atoms with van der Waals surface area (Å²) in [6.07, 6.45) is 1.89. The molecule has 0 amide bonds. The van der Waals surface area contributed by atoms with Gasteiger partial charge in [0.15, 0.2) is 0 Å². The van der Waals surface area contributed by atoms with E-state index in [0.717, 1.165) is 88.3 Å². The summed E-state index contributed by atoms with van der Waals surface area (Å²) in [5.41, 5.74) is 13.9. The first-order valence-electron chi connectivity index (χ1n) is 19.5. The maximum Gasteiger partial charge on any atom is 0.149 e. The molecule has 12 aromatic rings. The number of hydrogen-bond acceptors (Lipinski definition) is 3. The van der Waals surface area contributed by atoms with Crippen molar-refractivity contribution < 1.29 is 26.2 Å². The van der Waals surface area contributed by atoms with Crippen LogP contribution in [0.1, 0.15) is 26.3 Å². The number of aromatic hydroxyl groups is 1. The summed E-state index contributed by atoms with van der Waals surface area (Å²) in [6.45, 7) is 6.73. The summed E-state index contributed by atoms with van der Waals surface area (Å²) in [6, 6.07) is 54.9. The third kappa shape index (κ3) is 4.80. The van der Waals surface area contributed by atoms with E-state index in [-0.39, 0.29) is 32.2 Å². The van der Waals surface area contributed by atoms with E-state index < -0.39 is 0 Å². The van der Waals surface area contributed by atoms with Gasteiger partial charge in [-0.25, -0.2) is 4.98 Å². The van der Waals surface area contributed by atoms with Crippen LogP contribution in [-0.4, -0.2) is 23.9 Å². The Morgan fingerprint density at radius 1 is 0.552 bits per heavy atom. The third-order valence-corrected chi connectivity index (χ3v) is 12.0. The van der Waals surface area contributed by atoms with Crippen LogP contribution in [0, 0.1) is 6.07 Å². The van der Waals surface area contributed by atoms with Crippen LogP contribution in [0.15, 0.2) is 152 Å². The van der Waals surface area contributed by atoms with Gasteiger partial charge in [0.25, 0.3) is 0 Å². The number of fused-ring (bicyclic) bond motifs is 15. The van der Waals surface area contributed by atoms with E-state index in [0.29, 0.717) is 0 Å². The molecule has 7 aromatic carbocycles. The predicted molar refractivity (Wildman–Crippen MR) is 236 cm³/mol. The Kier molecular flexibility index (Phi) is 7.46. The topological polar surface area (TPSA) is 54.8 Å². The van der Waals surface area contributed by atoms with Crippen molar-refractivity contribution in [3.63, 3.8) is 0 Å². The number of benzene rings is 7. The monoisotopic (exact) mass is 926 g/mol. The Morgan fingerprint density at radius 3 is 2.03 bits per heavy atom. The molecule has 1 N–H and O–H groups in total. The smallest absolute Gasteiger partial charge is 0.149 e. The average molecular weight is 927 g/mol. The van der Waals surface area contributed by atoms with Crippen LogP contribution in [0.5, 0.6) is 5.75 Å². The van der Waals surface area contributed by atoms with Gasteiger partial charge in [-0.3, -0.25) is 9.38 Å². The maximum atomic E-state index is 12.3. The predicted octanol–water partition coefficient (Wildman–Crippen LogP) is 13.1. The second-order valence-corrected chi connectivity index (χ2v) is 16.3. The molecule has 0 fully saturated rings. The van der Waals surface area contributed by atoms with Gasteiger partial charge in [0.2, 0.25) is 0 Å². The normalized spacial score (nSPS) is 12.3. The fraction of sp³-hybridized carbons (Fsp3) is 0.0769. The zero-order valence-corrected chi connectivity index (χ0v) is 34.3. The first-order valence-corrected chi connectivity index (χ1v) is 19.5. The minimum absolute atomic E-state index is 0. The average Bonchev–Trinajstić information content (AvgIpc) is 3.91. The Bertz CT molecular complexity index is 3630. The molecule has 0 atom stereocenters. The summed E-state index contributed by atoms with van der Waals surface area (Å²) in [5.74, 6) is 0.211. The number of nitrogens with zero attached hydrogens (tertiary/aromatic N) is 4. The van der Waals surface area contributed by atoms with Gasteiger partial charge in [0, 0.05) is 71.3 Å². The summed E-state index contributed by atoms with van der Waals surface area (Å²) in [5, 5.41) is 19.8. The molecule has 0 aliphatic rings. The van der Waals surface area contributed by atoms with Gasteiger partial charge in [-0.05, 0) is 40.8 Å². The zero-order chi connectivity index (χ0) is 38.2. The molecule has 5 aromatic heterocycles. The Morgan fingerprint density at radius 2 is 1.22 bits per heavy atom. The molecule has 0 aliphatic heterocycles. The number of hydrogen-bond donors (Lipinski definition) is 1. The first-order chi connectivity index (χ1) is 27.8. The van der Waals surface area contributed by atoms with E-state index in [1.54, 1.807) is 0 Å². The second kappa shape index (κ2) is 12.5. The van der Waals surface area contributed by atoms with Crippen LogP contribution in [0.2, 0.25) is 0 Å². The number of phenolic OH excluding ortho intramolecular Hbond substituents is 1. The number of phenols is 1. The van der Waals surface area contributed by atoms with Crippen molar-refractivity contribution in [2.24, 2.45) is 0 Å². The van der Waals surface area contributed by atoms with Gasteiger partial charge >= 0.3 is 0 Å². The molecule has 0 radical (unpaired) electrons. The van der Waals surface area contributed by atoms with Crippen LogP contribution >= 0.6 is 0 Å². The van der Waals surface area contributed by atoms with Crippen molar-refractivity contribution in [3.8, 4) is 39.3 Å². The van der Waals surface area contributed by atoms with Gasteiger partial charge in [0.1, 0.15) is 11.4 Å². The second-order valence-electron chi connectivity index (χ2n) is 16.3. The van der Waals surface area contributed by atoms with Crippen molar-refractivity contribution in [2.45, 2.75) is 26.2 Å². The van der Waals surface area contributed by atoms with E-state index in [1.807, 2.05) is 18.3 Å². The molecule has 5 heterocycles. The number of aromatic nitrogens is 4. The summed E-state index contributed by atoms with van der Waals surface area (Å²) in [7, 11) is 0. The van der Waals surface area contributed by atoms with E-state index >= 15 is 0 Å². The molecule has 0 aliphatic carbocycles. The number of imidazole rings is 1. The van der Waals surface area contributed by atoms with Crippen LogP contribution in [0.4, 0.5) is 0 Å². The first kappa shape index (κ1) is 34.7. The summed E-state index contributed by atoms with van der Waals surface area (Å²) < 4.78 is 4.56. The van der Waals surface area contributed by atoms with Crippen LogP contribution in [0.25, 0.3) is 110 Å². The molecule has 12 rings (SSSR count). The molecule has 0 saturated carbocycles. The molecular weight excluding hydrogens is 892 g/mol. The third-order valence-electron chi connectivity index (χ3n) is 12.0. The molecule has 5 nitrogen and oxygen atoms in total. The van der Waals surface area contributed by atoms with Crippen molar-refractivity contribution >= 4 is 76.5 Å². The standard InChI is InChI=1S/C52H35N4O.Pt/c1-52(2,3)34-26-32(25-33(27-34)40-28-31(23-24-53-40)30-13-5-4-6-14-30)35-17-12-22-43-49(35)54-51-48-45(57)29-44-46(47(48)38-16-8-10-21-42(38)56(43)51)39-19-11-18-37-36-15-7-9-20-41(36)55(44)50(37)39;/h4-24,26-29,57H,1-3H3;/q-1;. The van der Waals surface area contributed by atoms with Crippen molar-refractivity contribution in [2.75, 3.05) is 0 Å². The minimum atomic E-state index is -0.131. The SMILES string of the molecule is CC(C)(C)c1cc(-c2cc(-c3ccccc3)ccn2)[c-]c(-c2cccc3c2nc2c4c(O)cc5c(c6cccc7c8ccccc8n5c76)c4c4ccccc4n32)c1.[Pt]. The number of pyridine rings is 2. The fourth-order valence-corrected chi connectivity index (χ4v) is 9.35. The quantitative estimate of drug-likeness (QED) is 0.142. The van der Waals surface area contributed by atoms with Crippen molar-refractivity contribution in [1.29, 1.82) is 0 Å². The summed E-state index contributed by atoms with van der Waals surface area (Å²) >= 11 is 0. The van der Waals surface area contributed by atoms with Gasteiger partial charge in [-0.1, -0.05) is 135 Å². The van der Waals surface area contributed by atoms with Crippen molar-refractivity contribution in [3.05, 3.63) is 163 Å². The maximum absolute atomic E-state index is 12.3. The Labute approximate surface area is 348 Å². The van der Waals surface area contributed by atoms with Gasteiger partial charge in [0.05, 0.1) is 38.5 Å². The molecular formula is C52H35N4OPt-. The zero-order valence-electron chi connectivity index (χ0n) is 32.0. The number of rotatable bonds is 3. The molecule has 280 valence electrons. The Hall–Kier alpha value is -6.55. The molecule has 58 heavy (non-hydrogen) atoms. The molecule has 0 unspecified atom stereocenters. The van der Waals surface area contributed by atoms with Crippen LogP contribution in [-0.2, 0) is 26.5 Å². The molecule has 0 spiro atoms. The molecule has 0 bridgehead atoms. The summed E-state index contributed by atoms with van der Waals surface area (Å²) in [4.78, 5) is 10.4.